The van der Waals surface area contributed by atoms with Gasteiger partial charge in [0.1, 0.15) is 6.04 Å². The fraction of sp³-hybridized carbons (Fsp3) is 0.429. The van der Waals surface area contributed by atoms with Gasteiger partial charge in [-0.3, -0.25) is 9.59 Å². The standard InChI is InChI=1S/C14H16N2O4S/c15-13(18)12-8-20-6-4-16(12)14(19)10-7-11(21-9-10)3-1-2-5-17/h7,9,12,17H,2,4-6,8H2,(H2,15,18). The van der Waals surface area contributed by atoms with Crippen molar-refractivity contribution in [2.75, 3.05) is 26.4 Å². The van der Waals surface area contributed by atoms with Gasteiger partial charge in [-0.15, -0.1) is 11.3 Å². The van der Waals surface area contributed by atoms with Crippen molar-refractivity contribution in [3.8, 4) is 11.8 Å². The minimum Gasteiger partial charge on any atom is -0.395 e. The van der Waals surface area contributed by atoms with Gasteiger partial charge in [-0.2, -0.15) is 0 Å². The lowest BCUT2D eigenvalue weighted by atomic mass is 10.1. The molecule has 0 saturated carbocycles. The number of carbonyl (C=O) groups is 2. The van der Waals surface area contributed by atoms with Crippen molar-refractivity contribution < 1.29 is 19.4 Å². The Morgan fingerprint density at radius 2 is 2.38 bits per heavy atom. The molecule has 112 valence electrons. The summed E-state index contributed by atoms with van der Waals surface area (Å²) in [5, 5.41) is 10.4. The fourth-order valence-electron chi connectivity index (χ4n) is 1.97. The number of nitrogens with zero attached hydrogens (tertiary/aromatic N) is 1. The number of hydrogen-bond donors (Lipinski definition) is 2. The Labute approximate surface area is 126 Å². The summed E-state index contributed by atoms with van der Waals surface area (Å²) in [4.78, 5) is 26.0. The number of aliphatic hydroxyl groups excluding tert-OH is 1. The van der Waals surface area contributed by atoms with Gasteiger partial charge in [0.15, 0.2) is 0 Å². The molecule has 1 atom stereocenters. The number of carbonyl (C=O) groups excluding carboxylic acids is 2. The van der Waals surface area contributed by atoms with Crippen molar-refractivity contribution in [1.82, 2.24) is 4.90 Å². The molecule has 1 fully saturated rings. The van der Waals surface area contributed by atoms with E-state index in [4.69, 9.17) is 15.6 Å². The number of hydrogen-bond acceptors (Lipinski definition) is 5. The van der Waals surface area contributed by atoms with E-state index in [1.165, 1.54) is 16.2 Å². The lowest BCUT2D eigenvalue weighted by Gasteiger charge is -2.33. The van der Waals surface area contributed by atoms with Crippen molar-refractivity contribution in [2.45, 2.75) is 12.5 Å². The van der Waals surface area contributed by atoms with E-state index in [1.54, 1.807) is 11.4 Å². The molecule has 1 aliphatic heterocycles. The summed E-state index contributed by atoms with van der Waals surface area (Å²) in [5.74, 6) is 4.87. The van der Waals surface area contributed by atoms with Gasteiger partial charge in [-0.25, -0.2) is 0 Å². The first-order valence-corrected chi connectivity index (χ1v) is 7.37. The summed E-state index contributed by atoms with van der Waals surface area (Å²) in [6.45, 7) is 0.878. The SMILES string of the molecule is NC(=O)C1COCCN1C(=O)c1csc(C#CCCO)c1. The van der Waals surface area contributed by atoms with Crippen LogP contribution in [0.3, 0.4) is 0 Å². The van der Waals surface area contributed by atoms with Crippen LogP contribution in [0.15, 0.2) is 11.4 Å². The van der Waals surface area contributed by atoms with Crippen LogP contribution in [0, 0.1) is 11.8 Å². The Hall–Kier alpha value is -1.88. The van der Waals surface area contributed by atoms with Crippen LogP contribution in [0.1, 0.15) is 21.7 Å². The molecular weight excluding hydrogens is 292 g/mol. The van der Waals surface area contributed by atoms with E-state index >= 15 is 0 Å². The summed E-state index contributed by atoms with van der Waals surface area (Å²) < 4.78 is 5.19. The van der Waals surface area contributed by atoms with Crippen molar-refractivity contribution in [2.24, 2.45) is 5.73 Å². The van der Waals surface area contributed by atoms with Crippen LogP contribution in [0.5, 0.6) is 0 Å². The topological polar surface area (TPSA) is 92.9 Å². The largest absolute Gasteiger partial charge is 0.395 e. The quantitative estimate of drug-likeness (QED) is 0.757. The number of rotatable bonds is 3. The van der Waals surface area contributed by atoms with Gasteiger partial charge in [-0.1, -0.05) is 11.8 Å². The lowest BCUT2D eigenvalue weighted by molar-refractivity contribution is -0.127. The molecule has 0 radical (unpaired) electrons. The number of aliphatic hydroxyl groups is 1. The monoisotopic (exact) mass is 308 g/mol. The Balaban J connectivity index is 2.12. The second kappa shape index (κ2) is 7.22. The minimum atomic E-state index is -0.727. The van der Waals surface area contributed by atoms with Crippen molar-refractivity contribution in [3.05, 3.63) is 21.9 Å². The van der Waals surface area contributed by atoms with Gasteiger partial charge in [0.25, 0.3) is 5.91 Å². The van der Waals surface area contributed by atoms with Gasteiger partial charge in [0, 0.05) is 18.3 Å². The molecule has 1 saturated heterocycles. The number of morpholine rings is 1. The zero-order chi connectivity index (χ0) is 15.2. The molecule has 0 aliphatic carbocycles. The normalized spacial score (nSPS) is 18.0. The molecule has 0 bridgehead atoms. The van der Waals surface area contributed by atoms with Crippen molar-refractivity contribution >= 4 is 23.2 Å². The number of ether oxygens (including phenoxy) is 1. The first-order chi connectivity index (χ1) is 10.1. The molecule has 1 unspecified atom stereocenters. The van der Waals surface area contributed by atoms with E-state index in [2.05, 4.69) is 11.8 Å². The van der Waals surface area contributed by atoms with Gasteiger partial charge in [0.2, 0.25) is 5.91 Å². The van der Waals surface area contributed by atoms with E-state index in [0.29, 0.717) is 25.1 Å². The van der Waals surface area contributed by atoms with Crippen LogP contribution in [0.4, 0.5) is 0 Å². The van der Waals surface area contributed by atoms with E-state index in [9.17, 15) is 9.59 Å². The highest BCUT2D eigenvalue weighted by Crippen LogP contribution is 2.18. The molecule has 21 heavy (non-hydrogen) atoms. The Morgan fingerprint density at radius 3 is 3.10 bits per heavy atom. The lowest BCUT2D eigenvalue weighted by Crippen LogP contribution is -2.54. The molecule has 2 heterocycles. The number of nitrogens with two attached hydrogens (primary N) is 1. The maximum atomic E-state index is 12.4. The fourth-order valence-corrected chi connectivity index (χ4v) is 2.72. The average Bonchev–Trinajstić information content (AvgIpc) is 2.95. The van der Waals surface area contributed by atoms with Crippen LogP contribution in [-0.2, 0) is 9.53 Å². The van der Waals surface area contributed by atoms with Gasteiger partial charge < -0.3 is 20.5 Å². The van der Waals surface area contributed by atoms with E-state index < -0.39 is 11.9 Å². The number of primary amides is 1. The average molecular weight is 308 g/mol. The third kappa shape index (κ3) is 3.82. The first-order valence-electron chi connectivity index (χ1n) is 6.49. The summed E-state index contributed by atoms with van der Waals surface area (Å²) in [7, 11) is 0. The third-order valence-electron chi connectivity index (χ3n) is 3.01. The summed E-state index contributed by atoms with van der Waals surface area (Å²) in [6.07, 6.45) is 0.397. The molecule has 0 spiro atoms. The molecular formula is C14H16N2O4S. The van der Waals surface area contributed by atoms with E-state index in [1.807, 2.05) is 0 Å². The second-order valence-electron chi connectivity index (χ2n) is 4.47. The first kappa shape index (κ1) is 15.5. The van der Waals surface area contributed by atoms with Crippen molar-refractivity contribution in [3.63, 3.8) is 0 Å². The summed E-state index contributed by atoms with van der Waals surface area (Å²) in [5.41, 5.74) is 5.79. The van der Waals surface area contributed by atoms with Gasteiger partial charge in [-0.05, 0) is 6.07 Å². The van der Waals surface area contributed by atoms with Crippen LogP contribution in [0.2, 0.25) is 0 Å². The predicted molar refractivity (Wildman–Crippen MR) is 77.7 cm³/mol. The van der Waals surface area contributed by atoms with Crippen LogP contribution in [-0.4, -0.2) is 54.2 Å². The molecule has 1 aromatic rings. The summed E-state index contributed by atoms with van der Waals surface area (Å²) >= 11 is 1.35. The van der Waals surface area contributed by atoms with Crippen LogP contribution >= 0.6 is 11.3 Å². The Bertz CT molecular complexity index is 587. The summed E-state index contributed by atoms with van der Waals surface area (Å²) in [6, 6.07) is 0.959. The van der Waals surface area contributed by atoms with Crippen molar-refractivity contribution in [1.29, 1.82) is 0 Å². The second-order valence-corrected chi connectivity index (χ2v) is 5.38. The maximum Gasteiger partial charge on any atom is 0.255 e. The molecule has 1 aliphatic rings. The predicted octanol–water partition coefficient (Wildman–Crippen LogP) is -0.192. The highest BCUT2D eigenvalue weighted by atomic mass is 32.1. The minimum absolute atomic E-state index is 0.0121. The van der Waals surface area contributed by atoms with Crippen LogP contribution < -0.4 is 5.73 Å². The van der Waals surface area contributed by atoms with E-state index in [0.717, 1.165) is 4.88 Å². The molecule has 6 nitrogen and oxygen atoms in total. The number of amides is 2. The number of thiophene rings is 1. The molecule has 2 amide bonds. The highest BCUT2D eigenvalue weighted by molar-refractivity contribution is 7.10. The molecule has 7 heteroatoms. The van der Waals surface area contributed by atoms with Gasteiger partial charge in [0.05, 0.1) is 30.3 Å². The van der Waals surface area contributed by atoms with Gasteiger partial charge >= 0.3 is 0 Å². The van der Waals surface area contributed by atoms with E-state index in [-0.39, 0.29) is 19.1 Å². The molecule has 0 aromatic carbocycles. The molecule has 2 rings (SSSR count). The zero-order valence-electron chi connectivity index (χ0n) is 11.4. The highest BCUT2D eigenvalue weighted by Gasteiger charge is 2.32. The molecule has 3 N–H and O–H groups in total. The zero-order valence-corrected chi connectivity index (χ0v) is 12.2. The Morgan fingerprint density at radius 1 is 1.57 bits per heavy atom. The maximum absolute atomic E-state index is 12.4. The molecule has 1 aromatic heterocycles. The third-order valence-corrected chi connectivity index (χ3v) is 3.86. The Kier molecular flexibility index (Phi) is 5.33. The van der Waals surface area contributed by atoms with Crippen LogP contribution in [0.25, 0.3) is 0 Å². The smallest absolute Gasteiger partial charge is 0.255 e.